The summed E-state index contributed by atoms with van der Waals surface area (Å²) in [5.74, 6) is -0.179. The third-order valence-corrected chi connectivity index (χ3v) is 4.77. The summed E-state index contributed by atoms with van der Waals surface area (Å²) in [5, 5.41) is 5.81. The number of nitrogens with one attached hydrogen (secondary N) is 2. The maximum Gasteiger partial charge on any atom is 0.251 e. The van der Waals surface area contributed by atoms with Gasteiger partial charge < -0.3 is 15.4 Å². The first-order valence-electron chi connectivity index (χ1n) is 10.2. The second-order valence-electron chi connectivity index (χ2n) is 7.27. The Morgan fingerprint density at radius 2 is 1.83 bits per heavy atom. The molecule has 3 rings (SSSR count). The lowest BCUT2D eigenvalue weighted by Gasteiger charge is -2.13. The zero-order chi connectivity index (χ0) is 20.5. The van der Waals surface area contributed by atoms with Crippen LogP contribution in [0.3, 0.4) is 0 Å². The van der Waals surface area contributed by atoms with Crippen molar-refractivity contribution in [2.45, 2.75) is 38.3 Å². The zero-order valence-electron chi connectivity index (χ0n) is 16.8. The predicted octanol–water partition coefficient (Wildman–Crippen LogP) is 3.88. The first kappa shape index (κ1) is 20.8. The smallest absolute Gasteiger partial charge is 0.251 e. The topological polar surface area (TPSA) is 67.4 Å². The van der Waals surface area contributed by atoms with Crippen LogP contribution in [0.5, 0.6) is 0 Å². The monoisotopic (exact) mass is 392 g/mol. The van der Waals surface area contributed by atoms with Gasteiger partial charge in [0.25, 0.3) is 5.91 Å². The Labute approximate surface area is 172 Å². The number of rotatable bonds is 10. The van der Waals surface area contributed by atoms with Crippen LogP contribution in [-0.2, 0) is 9.53 Å². The molecule has 2 aromatic rings. The van der Waals surface area contributed by atoms with Crippen LogP contribution in [-0.4, -0.2) is 31.0 Å². The minimum atomic E-state index is -0.142. The van der Waals surface area contributed by atoms with Crippen LogP contribution < -0.4 is 10.6 Å². The molecule has 2 N–H and O–H groups in total. The van der Waals surface area contributed by atoms with Gasteiger partial charge in [-0.15, -0.1) is 0 Å². The molecule has 29 heavy (non-hydrogen) atoms. The van der Waals surface area contributed by atoms with Gasteiger partial charge in [-0.3, -0.25) is 9.59 Å². The average Bonchev–Trinajstić information content (AvgIpc) is 3.57. The van der Waals surface area contributed by atoms with E-state index in [1.54, 1.807) is 18.2 Å². The Morgan fingerprint density at radius 3 is 2.52 bits per heavy atom. The maximum atomic E-state index is 12.0. The van der Waals surface area contributed by atoms with E-state index in [0.717, 1.165) is 30.4 Å². The van der Waals surface area contributed by atoms with E-state index in [9.17, 15) is 9.59 Å². The molecule has 1 saturated carbocycles. The Bertz CT molecular complexity index is 827. The van der Waals surface area contributed by atoms with E-state index in [-0.39, 0.29) is 17.9 Å². The summed E-state index contributed by atoms with van der Waals surface area (Å²) in [5.41, 5.74) is 2.67. The van der Waals surface area contributed by atoms with Gasteiger partial charge in [0, 0.05) is 30.8 Å². The summed E-state index contributed by atoms with van der Waals surface area (Å²) in [6.07, 6.45) is 6.18. The van der Waals surface area contributed by atoms with Crippen LogP contribution >= 0.6 is 0 Å². The van der Waals surface area contributed by atoms with E-state index in [1.807, 2.05) is 49.4 Å². The molecule has 1 aliphatic rings. The van der Waals surface area contributed by atoms with E-state index >= 15 is 0 Å². The van der Waals surface area contributed by atoms with Gasteiger partial charge in [-0.2, -0.15) is 0 Å². The Kier molecular flexibility index (Phi) is 7.59. The summed E-state index contributed by atoms with van der Waals surface area (Å²) in [7, 11) is 0. The molecule has 5 nitrogen and oxygen atoms in total. The molecule has 0 bridgehead atoms. The molecular formula is C24H28N2O3. The van der Waals surface area contributed by atoms with Gasteiger partial charge >= 0.3 is 0 Å². The lowest BCUT2D eigenvalue weighted by atomic mass is 10.1. The van der Waals surface area contributed by atoms with Crippen molar-refractivity contribution in [2.24, 2.45) is 0 Å². The van der Waals surface area contributed by atoms with Crippen molar-refractivity contribution in [1.29, 1.82) is 0 Å². The van der Waals surface area contributed by atoms with Gasteiger partial charge in [-0.1, -0.05) is 42.5 Å². The van der Waals surface area contributed by atoms with Gasteiger partial charge in [-0.25, -0.2) is 0 Å². The second-order valence-corrected chi connectivity index (χ2v) is 7.27. The molecule has 152 valence electrons. The first-order chi connectivity index (χ1) is 14.1. The van der Waals surface area contributed by atoms with E-state index in [2.05, 4.69) is 10.6 Å². The van der Waals surface area contributed by atoms with Gasteiger partial charge in [0.05, 0.1) is 6.10 Å². The molecule has 0 spiro atoms. The fraction of sp³-hybridized carbons (Fsp3) is 0.333. The van der Waals surface area contributed by atoms with Gasteiger partial charge in [0.2, 0.25) is 5.91 Å². The summed E-state index contributed by atoms with van der Waals surface area (Å²) >= 11 is 0. The molecule has 2 aromatic carbocycles. The highest BCUT2D eigenvalue weighted by Crippen LogP contribution is 2.19. The molecule has 1 fully saturated rings. The lowest BCUT2D eigenvalue weighted by molar-refractivity contribution is -0.116. The summed E-state index contributed by atoms with van der Waals surface area (Å²) < 4.78 is 5.80. The van der Waals surface area contributed by atoms with Crippen molar-refractivity contribution in [2.75, 3.05) is 13.2 Å². The highest BCUT2D eigenvalue weighted by molar-refractivity contribution is 5.95. The fourth-order valence-corrected chi connectivity index (χ4v) is 2.84. The van der Waals surface area contributed by atoms with Crippen LogP contribution in [0, 0.1) is 0 Å². The first-order valence-corrected chi connectivity index (χ1v) is 10.2. The molecule has 0 aliphatic heterocycles. The molecule has 1 unspecified atom stereocenters. The molecular weight excluding hydrogens is 364 g/mol. The third-order valence-electron chi connectivity index (χ3n) is 4.77. The second kappa shape index (κ2) is 10.6. The highest BCUT2D eigenvalue weighted by atomic mass is 16.5. The van der Waals surface area contributed by atoms with Gasteiger partial charge in [0.1, 0.15) is 0 Å². The lowest BCUT2D eigenvalue weighted by Crippen LogP contribution is -2.25. The molecule has 5 heteroatoms. The number of amides is 2. The van der Waals surface area contributed by atoms with Crippen LogP contribution in [0.2, 0.25) is 0 Å². The number of hydrogen-bond donors (Lipinski definition) is 2. The molecule has 0 heterocycles. The standard InChI is InChI=1S/C24H28N2O3/c1-18(20-6-3-2-4-7-20)29-17-5-16-25-23(27)15-10-19-8-11-21(12-9-19)24(28)26-22-13-14-22/h2-4,6-12,15,18,22H,5,13-14,16-17H2,1H3,(H,25,27)(H,26,28)/b15-10+. The van der Waals surface area contributed by atoms with E-state index in [4.69, 9.17) is 4.74 Å². The van der Waals surface area contributed by atoms with E-state index in [1.165, 1.54) is 6.08 Å². The van der Waals surface area contributed by atoms with Crippen molar-refractivity contribution >= 4 is 17.9 Å². The normalized spacial score (nSPS) is 14.5. The van der Waals surface area contributed by atoms with E-state index < -0.39 is 0 Å². The van der Waals surface area contributed by atoms with Gasteiger partial charge in [-0.05, 0) is 55.5 Å². The van der Waals surface area contributed by atoms with Crippen molar-refractivity contribution < 1.29 is 14.3 Å². The van der Waals surface area contributed by atoms with Crippen molar-refractivity contribution in [3.63, 3.8) is 0 Å². The number of carbonyl (C=O) groups excluding carboxylic acids is 2. The van der Waals surface area contributed by atoms with Crippen molar-refractivity contribution in [3.8, 4) is 0 Å². The quantitative estimate of drug-likeness (QED) is 0.476. The van der Waals surface area contributed by atoms with Crippen LogP contribution in [0.1, 0.15) is 53.8 Å². The summed E-state index contributed by atoms with van der Waals surface area (Å²) in [6.45, 7) is 3.17. The number of hydrogen-bond acceptors (Lipinski definition) is 3. The molecule has 0 saturated heterocycles. The average molecular weight is 392 g/mol. The Hall–Kier alpha value is -2.92. The Balaban J connectivity index is 1.32. The number of ether oxygens (including phenoxy) is 1. The van der Waals surface area contributed by atoms with Crippen LogP contribution in [0.15, 0.2) is 60.7 Å². The highest BCUT2D eigenvalue weighted by Gasteiger charge is 2.23. The van der Waals surface area contributed by atoms with E-state index in [0.29, 0.717) is 24.8 Å². The predicted molar refractivity (Wildman–Crippen MR) is 114 cm³/mol. The number of carbonyl (C=O) groups is 2. The van der Waals surface area contributed by atoms with Crippen LogP contribution in [0.25, 0.3) is 6.08 Å². The minimum absolute atomic E-state index is 0.0374. The largest absolute Gasteiger partial charge is 0.374 e. The molecule has 0 aromatic heterocycles. The molecule has 1 atom stereocenters. The Morgan fingerprint density at radius 1 is 1.10 bits per heavy atom. The minimum Gasteiger partial charge on any atom is -0.374 e. The van der Waals surface area contributed by atoms with Crippen molar-refractivity contribution in [1.82, 2.24) is 10.6 Å². The van der Waals surface area contributed by atoms with Gasteiger partial charge in [0.15, 0.2) is 0 Å². The fourth-order valence-electron chi connectivity index (χ4n) is 2.84. The summed E-state index contributed by atoms with van der Waals surface area (Å²) in [4.78, 5) is 23.9. The maximum absolute atomic E-state index is 12.0. The van der Waals surface area contributed by atoms with Crippen molar-refractivity contribution in [3.05, 3.63) is 77.4 Å². The molecule has 2 amide bonds. The molecule has 1 aliphatic carbocycles. The summed E-state index contributed by atoms with van der Waals surface area (Å²) in [6, 6.07) is 17.6. The van der Waals surface area contributed by atoms with Crippen LogP contribution in [0.4, 0.5) is 0 Å². The third kappa shape index (κ3) is 7.20. The number of benzene rings is 2. The molecule has 0 radical (unpaired) electrons. The zero-order valence-corrected chi connectivity index (χ0v) is 16.8. The SMILES string of the molecule is CC(OCCCNC(=O)/C=C/c1ccc(C(=O)NC2CC2)cc1)c1ccccc1.